The van der Waals surface area contributed by atoms with Gasteiger partial charge in [-0.1, -0.05) is 0 Å². The number of rotatable bonds is 4. The van der Waals surface area contributed by atoms with Gasteiger partial charge in [0, 0.05) is 25.0 Å². The largest absolute Gasteiger partial charge is 0.352 e. The quantitative estimate of drug-likeness (QED) is 0.773. The molecule has 0 aromatic rings. The summed E-state index contributed by atoms with van der Waals surface area (Å²) in [6.07, 6.45) is 4.67. The van der Waals surface area contributed by atoms with Crippen molar-refractivity contribution in [2.45, 2.75) is 44.2 Å². The minimum absolute atomic E-state index is 0. The number of carbonyl (C=O) groups is 2. The van der Waals surface area contributed by atoms with E-state index in [-0.39, 0.29) is 42.7 Å². The van der Waals surface area contributed by atoms with Crippen molar-refractivity contribution >= 4 is 24.2 Å². The van der Waals surface area contributed by atoms with Crippen LogP contribution in [0.4, 0.5) is 0 Å². The number of amides is 2. The normalized spacial score (nSPS) is 26.3. The molecule has 104 valence electrons. The molecule has 0 heterocycles. The van der Waals surface area contributed by atoms with Crippen molar-refractivity contribution in [3.05, 3.63) is 0 Å². The van der Waals surface area contributed by atoms with Gasteiger partial charge in [-0.2, -0.15) is 0 Å². The van der Waals surface area contributed by atoms with Crippen molar-refractivity contribution in [1.82, 2.24) is 10.2 Å². The minimum atomic E-state index is -0.0503. The van der Waals surface area contributed by atoms with Crippen LogP contribution in [0.15, 0.2) is 0 Å². The highest BCUT2D eigenvalue weighted by molar-refractivity contribution is 5.86. The first-order valence-electron chi connectivity index (χ1n) is 6.36. The van der Waals surface area contributed by atoms with E-state index in [0.717, 1.165) is 32.1 Å². The Kier molecular flexibility index (Phi) is 5.41. The monoisotopic (exact) mass is 275 g/mol. The third-order valence-corrected chi connectivity index (χ3v) is 3.52. The summed E-state index contributed by atoms with van der Waals surface area (Å²) in [6, 6.07) is 0.503. The zero-order chi connectivity index (χ0) is 12.4. The van der Waals surface area contributed by atoms with Crippen molar-refractivity contribution in [1.29, 1.82) is 0 Å². The van der Waals surface area contributed by atoms with Crippen LogP contribution in [0.1, 0.15) is 32.1 Å². The molecule has 2 aliphatic carbocycles. The van der Waals surface area contributed by atoms with E-state index >= 15 is 0 Å². The Balaban J connectivity index is 0.00000162. The van der Waals surface area contributed by atoms with E-state index in [9.17, 15) is 9.59 Å². The molecule has 0 bridgehead atoms. The van der Waals surface area contributed by atoms with Crippen LogP contribution in [0.2, 0.25) is 0 Å². The minimum Gasteiger partial charge on any atom is -0.352 e. The number of halogens is 1. The second-order valence-electron chi connectivity index (χ2n) is 5.31. The van der Waals surface area contributed by atoms with Crippen LogP contribution >= 0.6 is 12.4 Å². The molecule has 0 radical (unpaired) electrons. The van der Waals surface area contributed by atoms with Gasteiger partial charge in [-0.15, -0.1) is 12.4 Å². The summed E-state index contributed by atoms with van der Waals surface area (Å²) >= 11 is 0. The van der Waals surface area contributed by atoms with Crippen LogP contribution in [0, 0.1) is 5.92 Å². The van der Waals surface area contributed by atoms with E-state index < -0.39 is 0 Å². The standard InChI is InChI=1S/C12H21N3O2.ClH/c1-15(7-11(16)14-10-4-5-10)12(17)8-2-3-9(13)6-8;/h8-10H,2-7,13H2,1H3,(H,14,16);1H. The molecule has 6 heteroatoms. The van der Waals surface area contributed by atoms with Gasteiger partial charge in [-0.25, -0.2) is 0 Å². The van der Waals surface area contributed by atoms with Crippen LogP contribution < -0.4 is 11.1 Å². The van der Waals surface area contributed by atoms with Crippen molar-refractivity contribution in [2.24, 2.45) is 11.7 Å². The number of nitrogens with two attached hydrogens (primary N) is 1. The van der Waals surface area contributed by atoms with Gasteiger partial charge >= 0.3 is 0 Å². The first-order chi connectivity index (χ1) is 8.06. The van der Waals surface area contributed by atoms with E-state index in [4.69, 9.17) is 5.73 Å². The predicted molar refractivity (Wildman–Crippen MR) is 71.4 cm³/mol. The van der Waals surface area contributed by atoms with Gasteiger partial charge in [0.15, 0.2) is 0 Å². The lowest BCUT2D eigenvalue weighted by molar-refractivity contribution is -0.137. The molecule has 0 aliphatic heterocycles. The maximum atomic E-state index is 12.0. The van der Waals surface area contributed by atoms with Crippen molar-refractivity contribution in [3.8, 4) is 0 Å². The van der Waals surface area contributed by atoms with Gasteiger partial charge < -0.3 is 16.0 Å². The van der Waals surface area contributed by atoms with Crippen LogP contribution in [0.25, 0.3) is 0 Å². The summed E-state index contributed by atoms with van der Waals surface area (Å²) in [5.74, 6) is 0.0262. The van der Waals surface area contributed by atoms with Gasteiger partial charge in [-0.3, -0.25) is 9.59 Å². The number of hydrogen-bond donors (Lipinski definition) is 2. The van der Waals surface area contributed by atoms with Crippen LogP contribution in [-0.4, -0.2) is 42.4 Å². The lowest BCUT2D eigenvalue weighted by atomic mass is 10.1. The molecule has 2 fully saturated rings. The smallest absolute Gasteiger partial charge is 0.239 e. The Labute approximate surface area is 114 Å². The van der Waals surface area contributed by atoms with E-state index in [0.29, 0.717) is 6.04 Å². The summed E-state index contributed by atoms with van der Waals surface area (Å²) in [5, 5.41) is 2.88. The van der Waals surface area contributed by atoms with Crippen molar-refractivity contribution in [2.75, 3.05) is 13.6 Å². The predicted octanol–water partition coefficient (Wildman–Crippen LogP) is 0.273. The maximum absolute atomic E-state index is 12.0. The number of hydrogen-bond acceptors (Lipinski definition) is 3. The summed E-state index contributed by atoms with van der Waals surface area (Å²) in [4.78, 5) is 25.1. The van der Waals surface area contributed by atoms with Crippen molar-refractivity contribution in [3.63, 3.8) is 0 Å². The van der Waals surface area contributed by atoms with E-state index in [1.165, 1.54) is 4.90 Å². The van der Waals surface area contributed by atoms with E-state index in [1.54, 1.807) is 7.05 Å². The number of nitrogens with zero attached hydrogens (tertiary/aromatic N) is 1. The Morgan fingerprint density at radius 2 is 1.94 bits per heavy atom. The summed E-state index contributed by atoms with van der Waals surface area (Å²) in [5.41, 5.74) is 5.79. The Hall–Kier alpha value is -0.810. The maximum Gasteiger partial charge on any atom is 0.239 e. The Bertz CT molecular complexity index is 320. The first-order valence-corrected chi connectivity index (χ1v) is 6.36. The molecular formula is C12H22ClN3O2. The van der Waals surface area contributed by atoms with Gasteiger partial charge in [0.25, 0.3) is 0 Å². The molecular weight excluding hydrogens is 254 g/mol. The highest BCUT2D eigenvalue weighted by atomic mass is 35.5. The molecule has 2 aliphatic rings. The third kappa shape index (κ3) is 4.14. The summed E-state index contributed by atoms with van der Waals surface area (Å²) in [7, 11) is 1.69. The van der Waals surface area contributed by atoms with Crippen LogP contribution in [-0.2, 0) is 9.59 Å². The third-order valence-electron chi connectivity index (χ3n) is 3.52. The van der Waals surface area contributed by atoms with E-state index in [1.807, 2.05) is 0 Å². The molecule has 0 aromatic heterocycles. The molecule has 2 saturated carbocycles. The highest BCUT2D eigenvalue weighted by Crippen LogP contribution is 2.25. The lowest BCUT2D eigenvalue weighted by Crippen LogP contribution is -2.41. The second-order valence-corrected chi connectivity index (χ2v) is 5.31. The molecule has 2 rings (SSSR count). The average molecular weight is 276 g/mol. The second kappa shape index (κ2) is 6.38. The average Bonchev–Trinajstić information content (AvgIpc) is 2.96. The number of nitrogens with one attached hydrogen (secondary N) is 1. The molecule has 0 saturated heterocycles. The highest BCUT2D eigenvalue weighted by Gasteiger charge is 2.31. The molecule has 0 aromatic carbocycles. The fourth-order valence-electron chi connectivity index (χ4n) is 2.35. The fourth-order valence-corrected chi connectivity index (χ4v) is 2.35. The topological polar surface area (TPSA) is 75.4 Å². The van der Waals surface area contributed by atoms with Crippen LogP contribution in [0.5, 0.6) is 0 Å². The lowest BCUT2D eigenvalue weighted by Gasteiger charge is -2.20. The van der Waals surface area contributed by atoms with Crippen LogP contribution in [0.3, 0.4) is 0 Å². The fraction of sp³-hybridized carbons (Fsp3) is 0.833. The van der Waals surface area contributed by atoms with Gasteiger partial charge in [-0.05, 0) is 32.1 Å². The number of carbonyl (C=O) groups excluding carboxylic acids is 2. The van der Waals surface area contributed by atoms with Crippen molar-refractivity contribution < 1.29 is 9.59 Å². The summed E-state index contributed by atoms with van der Waals surface area (Å²) in [6.45, 7) is 0.168. The zero-order valence-corrected chi connectivity index (χ0v) is 11.5. The summed E-state index contributed by atoms with van der Waals surface area (Å²) < 4.78 is 0. The molecule has 18 heavy (non-hydrogen) atoms. The molecule has 2 atom stereocenters. The molecule has 5 nitrogen and oxygen atoms in total. The Morgan fingerprint density at radius 1 is 1.28 bits per heavy atom. The molecule has 0 spiro atoms. The Morgan fingerprint density at radius 3 is 2.44 bits per heavy atom. The van der Waals surface area contributed by atoms with Gasteiger partial charge in [0.05, 0.1) is 6.54 Å². The molecule has 3 N–H and O–H groups in total. The molecule has 2 amide bonds. The SMILES string of the molecule is CN(CC(=O)NC1CC1)C(=O)C1CCC(N)C1.Cl. The van der Waals surface area contributed by atoms with E-state index in [2.05, 4.69) is 5.32 Å². The van der Waals surface area contributed by atoms with Gasteiger partial charge in [0.2, 0.25) is 11.8 Å². The zero-order valence-electron chi connectivity index (χ0n) is 10.7. The molecule has 2 unspecified atom stereocenters. The van der Waals surface area contributed by atoms with Gasteiger partial charge in [0.1, 0.15) is 0 Å². The number of likely N-dealkylation sites (N-methyl/N-ethyl adjacent to an activating group) is 1. The first kappa shape index (κ1) is 15.2.